The lowest BCUT2D eigenvalue weighted by molar-refractivity contribution is 0.810. The maximum absolute atomic E-state index is 4.72. The Kier molecular flexibility index (Phi) is 2.79. The fourth-order valence-corrected chi connectivity index (χ4v) is 2.58. The Morgan fingerprint density at radius 1 is 0.905 bits per heavy atom. The van der Waals surface area contributed by atoms with E-state index in [0.717, 1.165) is 16.7 Å². The molecule has 0 N–H and O–H groups in total. The lowest BCUT2D eigenvalue weighted by atomic mass is 10.1. The molecule has 2 heteroatoms. The lowest BCUT2D eigenvalue weighted by Gasteiger charge is -2.21. The van der Waals surface area contributed by atoms with Crippen LogP contribution in [-0.4, -0.2) is 10.7 Å². The van der Waals surface area contributed by atoms with Crippen LogP contribution in [0.1, 0.15) is 5.56 Å². The van der Waals surface area contributed by atoms with Gasteiger partial charge in [0.05, 0.1) is 5.69 Å². The van der Waals surface area contributed by atoms with Crippen molar-refractivity contribution in [2.45, 2.75) is 0 Å². The van der Waals surface area contributed by atoms with Gasteiger partial charge in [-0.05, 0) is 35.1 Å². The Balaban J connectivity index is 1.94. The summed E-state index contributed by atoms with van der Waals surface area (Å²) in [6.07, 6.45) is 12.4. The van der Waals surface area contributed by atoms with Gasteiger partial charge in [-0.2, -0.15) is 0 Å². The molecule has 0 aromatic heterocycles. The molecule has 0 saturated heterocycles. The molecule has 2 aliphatic heterocycles. The van der Waals surface area contributed by atoms with E-state index < -0.39 is 0 Å². The number of fused-ring (bicyclic) bond motifs is 2. The number of amidine groups is 1. The smallest absolute Gasteiger partial charge is 0.137 e. The fraction of sp³-hybridized carbons (Fsp3) is 0. The van der Waals surface area contributed by atoms with Crippen LogP contribution in [0.25, 0.3) is 12.3 Å². The molecule has 0 radical (unpaired) electrons. The predicted octanol–water partition coefficient (Wildman–Crippen LogP) is 2.68. The molecule has 0 saturated carbocycles. The van der Waals surface area contributed by atoms with Crippen molar-refractivity contribution in [3.63, 3.8) is 0 Å². The summed E-state index contributed by atoms with van der Waals surface area (Å²) < 4.78 is 0. The third-order valence-electron chi connectivity index (χ3n) is 3.61. The van der Waals surface area contributed by atoms with E-state index in [1.54, 1.807) is 0 Å². The van der Waals surface area contributed by atoms with Gasteiger partial charge in [0.2, 0.25) is 0 Å². The SMILES string of the molecule is C1=CC2=Nc3cccc(=Cc4ccccc4)c3=CN2C=C1. The maximum Gasteiger partial charge on any atom is 0.137 e. The molecule has 2 nitrogen and oxygen atoms in total. The van der Waals surface area contributed by atoms with Crippen molar-refractivity contribution in [2.75, 3.05) is 0 Å². The van der Waals surface area contributed by atoms with Gasteiger partial charge in [-0.3, -0.25) is 0 Å². The van der Waals surface area contributed by atoms with Gasteiger partial charge in [-0.1, -0.05) is 48.5 Å². The predicted molar refractivity (Wildman–Crippen MR) is 87.4 cm³/mol. The minimum Gasteiger partial charge on any atom is -0.308 e. The first-order chi connectivity index (χ1) is 10.4. The van der Waals surface area contributed by atoms with E-state index in [9.17, 15) is 0 Å². The number of benzene rings is 2. The highest BCUT2D eigenvalue weighted by Crippen LogP contribution is 2.14. The summed E-state index contributed by atoms with van der Waals surface area (Å²) in [5.41, 5.74) is 2.22. The molecule has 2 aliphatic rings. The first-order valence-corrected chi connectivity index (χ1v) is 7.00. The van der Waals surface area contributed by atoms with Crippen LogP contribution in [0.2, 0.25) is 0 Å². The number of aliphatic imine (C=N–C) groups is 1. The summed E-state index contributed by atoms with van der Waals surface area (Å²) in [5.74, 6) is 0.960. The van der Waals surface area contributed by atoms with E-state index in [4.69, 9.17) is 4.99 Å². The van der Waals surface area contributed by atoms with Crippen molar-refractivity contribution in [3.05, 3.63) is 89.0 Å². The van der Waals surface area contributed by atoms with E-state index in [1.807, 2.05) is 30.5 Å². The number of nitrogens with zero attached hydrogens (tertiary/aromatic N) is 2. The molecule has 2 heterocycles. The number of hydrogen-bond donors (Lipinski definition) is 0. The second kappa shape index (κ2) is 4.91. The first-order valence-electron chi connectivity index (χ1n) is 7.00. The quantitative estimate of drug-likeness (QED) is 0.778. The van der Waals surface area contributed by atoms with Crippen molar-refractivity contribution in [1.82, 2.24) is 4.90 Å². The van der Waals surface area contributed by atoms with E-state index >= 15 is 0 Å². The number of allylic oxidation sites excluding steroid dienone is 2. The minimum atomic E-state index is 0.960. The molecule has 4 rings (SSSR count). The average molecular weight is 270 g/mol. The summed E-state index contributed by atoms with van der Waals surface area (Å²) in [6.45, 7) is 0. The Bertz CT molecular complexity index is 887. The normalized spacial score (nSPS) is 16.1. The van der Waals surface area contributed by atoms with E-state index in [1.165, 1.54) is 10.8 Å². The third kappa shape index (κ3) is 2.21. The summed E-state index contributed by atoms with van der Waals surface area (Å²) >= 11 is 0. The van der Waals surface area contributed by atoms with Gasteiger partial charge in [0.15, 0.2) is 0 Å². The van der Waals surface area contributed by atoms with E-state index in [0.29, 0.717) is 0 Å². The molecule has 0 aliphatic carbocycles. The zero-order valence-electron chi connectivity index (χ0n) is 11.5. The minimum absolute atomic E-state index is 0.960. The topological polar surface area (TPSA) is 15.6 Å². The largest absolute Gasteiger partial charge is 0.308 e. The van der Waals surface area contributed by atoms with Crippen molar-refractivity contribution in [3.8, 4) is 0 Å². The summed E-state index contributed by atoms with van der Waals surface area (Å²) in [6, 6.07) is 16.6. The summed E-state index contributed by atoms with van der Waals surface area (Å²) in [5, 5.41) is 2.34. The Labute approximate surface area is 123 Å². The van der Waals surface area contributed by atoms with E-state index in [-0.39, 0.29) is 0 Å². The molecular formula is C19H14N2. The van der Waals surface area contributed by atoms with Crippen molar-refractivity contribution < 1.29 is 0 Å². The number of hydrogen-bond acceptors (Lipinski definition) is 2. The highest BCUT2D eigenvalue weighted by molar-refractivity contribution is 6.00. The molecule has 100 valence electrons. The van der Waals surface area contributed by atoms with E-state index in [2.05, 4.69) is 59.6 Å². The van der Waals surface area contributed by atoms with Crippen molar-refractivity contribution in [1.29, 1.82) is 0 Å². The van der Waals surface area contributed by atoms with Crippen molar-refractivity contribution in [2.24, 2.45) is 4.99 Å². The van der Waals surface area contributed by atoms with Crippen LogP contribution in [-0.2, 0) is 0 Å². The summed E-state index contributed by atoms with van der Waals surface area (Å²) in [7, 11) is 0. The monoisotopic (exact) mass is 270 g/mol. The zero-order chi connectivity index (χ0) is 14.1. The maximum atomic E-state index is 4.72. The van der Waals surface area contributed by atoms with Crippen LogP contribution in [0.4, 0.5) is 5.69 Å². The van der Waals surface area contributed by atoms with Gasteiger partial charge >= 0.3 is 0 Å². The molecule has 0 spiro atoms. The van der Waals surface area contributed by atoms with Crippen LogP contribution in [0, 0.1) is 0 Å². The van der Waals surface area contributed by atoms with Gasteiger partial charge in [-0.15, -0.1) is 0 Å². The highest BCUT2D eigenvalue weighted by Gasteiger charge is 2.11. The second-order valence-corrected chi connectivity index (χ2v) is 5.04. The van der Waals surface area contributed by atoms with Gasteiger partial charge in [0.1, 0.15) is 5.84 Å². The third-order valence-corrected chi connectivity index (χ3v) is 3.61. The molecule has 2 aromatic carbocycles. The molecular weight excluding hydrogens is 256 g/mol. The Morgan fingerprint density at radius 3 is 2.71 bits per heavy atom. The fourth-order valence-electron chi connectivity index (χ4n) is 2.58. The van der Waals surface area contributed by atoms with Gasteiger partial charge in [0, 0.05) is 17.6 Å². The molecule has 0 bridgehead atoms. The molecule has 2 aromatic rings. The molecule has 0 fully saturated rings. The molecule has 21 heavy (non-hydrogen) atoms. The molecule has 0 atom stereocenters. The second-order valence-electron chi connectivity index (χ2n) is 5.04. The lowest BCUT2D eigenvalue weighted by Crippen LogP contribution is -2.34. The van der Waals surface area contributed by atoms with Crippen LogP contribution in [0.5, 0.6) is 0 Å². The molecule has 0 amide bonds. The van der Waals surface area contributed by atoms with Crippen LogP contribution < -0.4 is 10.4 Å². The number of rotatable bonds is 1. The summed E-state index contributed by atoms with van der Waals surface area (Å²) in [4.78, 5) is 6.78. The standard InChI is InChI=1S/C19H14N2/c1-2-7-15(8-3-1)13-16-9-6-10-18-17(16)14-21-12-5-4-11-19(21)20-18/h1-14H. The van der Waals surface area contributed by atoms with Gasteiger partial charge in [0.25, 0.3) is 0 Å². The average Bonchev–Trinajstić information content (AvgIpc) is 2.54. The highest BCUT2D eigenvalue weighted by atomic mass is 15.2. The van der Waals surface area contributed by atoms with Crippen LogP contribution >= 0.6 is 0 Å². The van der Waals surface area contributed by atoms with Crippen LogP contribution in [0.3, 0.4) is 0 Å². The zero-order valence-corrected chi connectivity index (χ0v) is 11.5. The van der Waals surface area contributed by atoms with Crippen LogP contribution in [0.15, 0.2) is 78.0 Å². The van der Waals surface area contributed by atoms with Crippen molar-refractivity contribution >= 4 is 23.8 Å². The van der Waals surface area contributed by atoms with Gasteiger partial charge in [-0.25, -0.2) is 4.99 Å². The first kappa shape index (κ1) is 11.9. The Hall–Kier alpha value is -2.87. The molecule has 0 unspecified atom stereocenters. The Morgan fingerprint density at radius 2 is 1.81 bits per heavy atom. The van der Waals surface area contributed by atoms with Gasteiger partial charge < -0.3 is 4.90 Å².